The molecule has 8 nitrogen and oxygen atoms in total. The molecule has 2 aromatic carbocycles. The number of aromatic nitrogens is 6. The van der Waals surface area contributed by atoms with E-state index in [0.717, 1.165) is 27.4 Å². The number of benzene rings is 2. The second kappa shape index (κ2) is 10.2. The predicted molar refractivity (Wildman–Crippen MR) is 133 cm³/mol. The minimum absolute atomic E-state index is 0.207. The zero-order valence-corrected chi connectivity index (χ0v) is 21.0. The van der Waals surface area contributed by atoms with Gasteiger partial charge in [0.2, 0.25) is 5.95 Å². The molecule has 1 N–H and O–H groups in total. The van der Waals surface area contributed by atoms with Crippen molar-refractivity contribution in [3.05, 3.63) is 89.0 Å². The third-order valence-electron chi connectivity index (χ3n) is 6.09. The van der Waals surface area contributed by atoms with Crippen LogP contribution in [0.1, 0.15) is 28.1 Å². The lowest BCUT2D eigenvalue weighted by Gasteiger charge is -2.09. The maximum absolute atomic E-state index is 13.1. The molecule has 5 aromatic rings. The van der Waals surface area contributed by atoms with Crippen molar-refractivity contribution in [1.29, 1.82) is 0 Å². The number of fused-ring (bicyclic) bond motifs is 1. The second-order valence-corrected chi connectivity index (χ2v) is 8.99. The largest absolute Gasteiger partial charge is 0.433 e. The van der Waals surface area contributed by atoms with E-state index in [1.54, 1.807) is 36.4 Å². The van der Waals surface area contributed by atoms with E-state index in [-0.39, 0.29) is 12.4 Å². The summed E-state index contributed by atoms with van der Waals surface area (Å²) in [7, 11) is 3.09. The van der Waals surface area contributed by atoms with Crippen LogP contribution in [-0.4, -0.2) is 29.3 Å². The van der Waals surface area contributed by atoms with Gasteiger partial charge in [-0.3, -0.25) is 4.68 Å². The number of nitrogens with one attached hydrogen (secondary N) is 1. The van der Waals surface area contributed by atoms with Crippen LogP contribution < -0.4 is 10.1 Å². The first-order chi connectivity index (χ1) is 18.9. The van der Waals surface area contributed by atoms with Crippen molar-refractivity contribution in [2.24, 2.45) is 14.1 Å². The van der Waals surface area contributed by atoms with Gasteiger partial charge in [0.25, 0.3) is 0 Å². The maximum Gasteiger partial charge on any atom is 0.433 e. The summed E-state index contributed by atoms with van der Waals surface area (Å²) < 4.78 is 85.3. The number of imidazole rings is 1. The first-order valence-corrected chi connectivity index (χ1v) is 11.8. The van der Waals surface area contributed by atoms with E-state index >= 15 is 0 Å². The molecule has 0 bridgehead atoms. The highest BCUT2D eigenvalue weighted by atomic mass is 19.4. The van der Waals surface area contributed by atoms with Gasteiger partial charge in [-0.2, -0.15) is 31.4 Å². The summed E-state index contributed by atoms with van der Waals surface area (Å²) in [5, 5.41) is 7.23. The zero-order valence-electron chi connectivity index (χ0n) is 21.0. The van der Waals surface area contributed by atoms with Crippen LogP contribution in [-0.2, 0) is 39.4 Å². The predicted octanol–water partition coefficient (Wildman–Crippen LogP) is 6.13. The molecule has 14 heteroatoms. The van der Waals surface area contributed by atoms with Crippen LogP contribution in [0.25, 0.3) is 11.0 Å². The van der Waals surface area contributed by atoms with Crippen molar-refractivity contribution >= 4 is 17.0 Å². The Labute approximate surface area is 223 Å². The Balaban J connectivity index is 1.23. The third-order valence-corrected chi connectivity index (χ3v) is 6.09. The summed E-state index contributed by atoms with van der Waals surface area (Å²) in [5.74, 6) is 0.942. The fourth-order valence-corrected chi connectivity index (χ4v) is 4.07. The average molecular weight is 561 g/mol. The summed E-state index contributed by atoms with van der Waals surface area (Å²) in [6.45, 7) is 0.412. The number of aryl methyl sites for hydroxylation is 2. The summed E-state index contributed by atoms with van der Waals surface area (Å²) in [6, 6.07) is 13.1. The first kappa shape index (κ1) is 27.0. The molecule has 0 saturated heterocycles. The fraction of sp³-hybridized carbons (Fsp3) is 0.231. The Morgan fingerprint density at radius 3 is 2.15 bits per heavy atom. The molecule has 0 aliphatic rings. The molecule has 3 aromatic heterocycles. The lowest BCUT2D eigenvalue weighted by molar-refractivity contribution is -0.143. The number of rotatable bonds is 7. The molecule has 208 valence electrons. The van der Waals surface area contributed by atoms with Gasteiger partial charge in [-0.1, -0.05) is 18.2 Å². The first-order valence-electron chi connectivity index (χ1n) is 11.8. The van der Waals surface area contributed by atoms with Crippen molar-refractivity contribution in [1.82, 2.24) is 29.3 Å². The Morgan fingerprint density at radius 2 is 1.52 bits per heavy atom. The number of nitrogens with zero attached hydrogens (tertiary/aromatic N) is 6. The van der Waals surface area contributed by atoms with Crippen molar-refractivity contribution < 1.29 is 31.1 Å². The monoisotopic (exact) mass is 561 g/mol. The maximum atomic E-state index is 13.1. The number of ether oxygens (including phenoxy) is 1. The van der Waals surface area contributed by atoms with Crippen molar-refractivity contribution in [3.63, 3.8) is 0 Å². The number of halogens is 6. The summed E-state index contributed by atoms with van der Waals surface area (Å²) in [6.07, 6.45) is -7.45. The van der Waals surface area contributed by atoms with E-state index in [1.807, 2.05) is 17.7 Å². The van der Waals surface area contributed by atoms with Crippen molar-refractivity contribution in [2.75, 3.05) is 5.32 Å². The molecule has 0 aliphatic carbocycles. The summed E-state index contributed by atoms with van der Waals surface area (Å²) in [5.41, 5.74) is 1.73. The molecule has 40 heavy (non-hydrogen) atoms. The molecule has 0 saturated carbocycles. The van der Waals surface area contributed by atoms with Gasteiger partial charge in [0.1, 0.15) is 11.4 Å². The van der Waals surface area contributed by atoms with Gasteiger partial charge in [-0.25, -0.2) is 15.0 Å². The highest BCUT2D eigenvalue weighted by molar-refractivity contribution is 5.79. The van der Waals surface area contributed by atoms with Crippen LogP contribution in [0.2, 0.25) is 0 Å². The molecular formula is C26H21F6N7O. The van der Waals surface area contributed by atoms with E-state index < -0.39 is 23.6 Å². The quantitative estimate of drug-likeness (QED) is 0.241. The number of anilines is 1. The Hall–Kier alpha value is -4.62. The molecule has 0 radical (unpaired) electrons. The molecule has 0 fully saturated rings. The summed E-state index contributed by atoms with van der Waals surface area (Å²) in [4.78, 5) is 11.8. The number of alkyl halides is 6. The Bertz CT molecular complexity index is 1640. The molecule has 0 atom stereocenters. The van der Waals surface area contributed by atoms with Crippen LogP contribution >= 0.6 is 0 Å². The minimum Gasteiger partial charge on any atom is -0.424 e. The standard InChI is InChI=1S/C26H21F6N7O/c1-38-21-10-16(9-18-11-22(26(30,31)32)39(2)37-18)5-8-20(21)36-23(38)33-12-15-3-6-19(7-4-15)40-24-34-13-17(14-35-24)25(27,28)29/h3-8,10-11,13-14H,9,12H2,1-2H3,(H,33,36). The Morgan fingerprint density at radius 1 is 0.850 bits per heavy atom. The number of hydrogen-bond acceptors (Lipinski definition) is 6. The van der Waals surface area contributed by atoms with Gasteiger partial charge in [0.15, 0.2) is 0 Å². The normalized spacial score (nSPS) is 12.2. The van der Waals surface area contributed by atoms with Crippen LogP contribution in [0.15, 0.2) is 60.9 Å². The average Bonchev–Trinajstić information content (AvgIpc) is 3.42. The van der Waals surface area contributed by atoms with Gasteiger partial charge in [0.05, 0.1) is 22.3 Å². The fourth-order valence-electron chi connectivity index (χ4n) is 4.07. The van der Waals surface area contributed by atoms with Crippen LogP contribution in [0.5, 0.6) is 11.8 Å². The molecular weight excluding hydrogens is 540 g/mol. The van der Waals surface area contributed by atoms with Gasteiger partial charge in [-0.15, -0.1) is 0 Å². The van der Waals surface area contributed by atoms with Gasteiger partial charge in [0, 0.05) is 39.5 Å². The topological polar surface area (TPSA) is 82.7 Å². The summed E-state index contributed by atoms with van der Waals surface area (Å²) >= 11 is 0. The molecule has 5 rings (SSSR count). The van der Waals surface area contributed by atoms with Crippen LogP contribution in [0.4, 0.5) is 32.3 Å². The van der Waals surface area contributed by atoms with Crippen LogP contribution in [0, 0.1) is 0 Å². The second-order valence-electron chi connectivity index (χ2n) is 8.99. The van der Waals surface area contributed by atoms with Gasteiger partial charge >= 0.3 is 18.4 Å². The SMILES string of the molecule is Cn1nc(Cc2ccc3nc(NCc4ccc(Oc5ncc(C(F)(F)F)cn5)cc4)n(C)c3c2)cc1C(F)(F)F. The molecule has 0 aliphatic heterocycles. The molecule has 3 heterocycles. The lowest BCUT2D eigenvalue weighted by Crippen LogP contribution is -2.11. The van der Waals surface area contributed by atoms with E-state index in [0.29, 0.717) is 41.8 Å². The van der Waals surface area contributed by atoms with Gasteiger partial charge in [-0.05, 0) is 41.5 Å². The molecule has 0 spiro atoms. The van der Waals surface area contributed by atoms with Crippen molar-refractivity contribution in [3.8, 4) is 11.8 Å². The highest BCUT2D eigenvalue weighted by Crippen LogP contribution is 2.31. The van der Waals surface area contributed by atoms with Crippen molar-refractivity contribution in [2.45, 2.75) is 25.3 Å². The highest BCUT2D eigenvalue weighted by Gasteiger charge is 2.35. The van der Waals surface area contributed by atoms with Crippen LogP contribution in [0.3, 0.4) is 0 Å². The van der Waals surface area contributed by atoms with E-state index in [2.05, 4.69) is 25.4 Å². The molecule has 0 amide bonds. The zero-order chi connectivity index (χ0) is 28.7. The third kappa shape index (κ3) is 5.84. The number of hydrogen-bond donors (Lipinski definition) is 1. The smallest absolute Gasteiger partial charge is 0.424 e. The van der Waals surface area contributed by atoms with E-state index in [1.165, 1.54) is 7.05 Å². The molecule has 0 unspecified atom stereocenters. The lowest BCUT2D eigenvalue weighted by atomic mass is 10.1. The van der Waals surface area contributed by atoms with Gasteiger partial charge < -0.3 is 14.6 Å². The van der Waals surface area contributed by atoms with E-state index in [4.69, 9.17) is 4.74 Å². The minimum atomic E-state index is -4.53. The van der Waals surface area contributed by atoms with E-state index in [9.17, 15) is 26.3 Å². The Kier molecular flexibility index (Phi) is 6.85.